The summed E-state index contributed by atoms with van der Waals surface area (Å²) in [5, 5.41) is 0. The maximum absolute atomic E-state index is 4.71. The lowest BCUT2D eigenvalue weighted by atomic mass is 10.1. The van der Waals surface area contributed by atoms with Crippen LogP contribution in [-0.2, 0) is 0 Å². The number of unbranched alkanes of at least 4 members (excludes halogenated alkanes) is 18. The van der Waals surface area contributed by atoms with Crippen molar-refractivity contribution in [2.75, 3.05) is 24.6 Å². The normalized spacial score (nSPS) is 11.8. The Balaban J connectivity index is 1.59. The summed E-state index contributed by atoms with van der Waals surface area (Å²) >= 11 is 3.97. The van der Waals surface area contributed by atoms with Crippen molar-refractivity contribution in [2.45, 2.75) is 152 Å². The van der Waals surface area contributed by atoms with Crippen molar-refractivity contribution in [3.63, 3.8) is 0 Å². The fraction of sp³-hybridized carbons (Fsp3) is 0.650. The SMILES string of the molecule is CCCCCCCCCCCCSc1ccccc1C=NCCN=Cc1ccccc1SCCCCCCCCCCCC. The molecule has 0 spiro atoms. The fourth-order valence-corrected chi connectivity index (χ4v) is 7.48. The second-order valence-corrected chi connectivity index (χ2v) is 14.5. The molecule has 0 aliphatic rings. The Kier molecular flexibility index (Phi) is 25.4. The van der Waals surface area contributed by atoms with E-state index in [2.05, 4.69) is 62.4 Å². The highest BCUT2D eigenvalue weighted by Gasteiger charge is 2.02. The lowest BCUT2D eigenvalue weighted by molar-refractivity contribution is 0.563. The van der Waals surface area contributed by atoms with E-state index in [1.807, 2.05) is 36.0 Å². The average molecular weight is 637 g/mol. The van der Waals surface area contributed by atoms with E-state index in [4.69, 9.17) is 9.98 Å². The zero-order valence-corrected chi connectivity index (χ0v) is 30.1. The minimum Gasteiger partial charge on any atom is -0.291 e. The van der Waals surface area contributed by atoms with Gasteiger partial charge < -0.3 is 0 Å². The zero-order chi connectivity index (χ0) is 31.2. The zero-order valence-electron chi connectivity index (χ0n) is 28.5. The monoisotopic (exact) mass is 636 g/mol. The third kappa shape index (κ3) is 20.5. The van der Waals surface area contributed by atoms with E-state index in [0.29, 0.717) is 0 Å². The highest BCUT2D eigenvalue weighted by Crippen LogP contribution is 2.24. The second-order valence-electron chi connectivity index (χ2n) is 12.2. The lowest BCUT2D eigenvalue weighted by Gasteiger charge is -2.06. The molecule has 0 aliphatic carbocycles. The van der Waals surface area contributed by atoms with Gasteiger partial charge in [0.25, 0.3) is 0 Å². The minimum absolute atomic E-state index is 0.724. The molecule has 0 atom stereocenters. The molecule has 0 saturated heterocycles. The maximum atomic E-state index is 4.71. The first kappa shape index (κ1) is 38.7. The van der Waals surface area contributed by atoms with Crippen LogP contribution < -0.4 is 0 Å². The van der Waals surface area contributed by atoms with Gasteiger partial charge in [-0.3, -0.25) is 9.98 Å². The number of benzene rings is 2. The smallest absolute Gasteiger partial charge is 0.0585 e. The number of rotatable bonds is 29. The largest absolute Gasteiger partial charge is 0.291 e. The molecular formula is C40H64N2S2. The van der Waals surface area contributed by atoms with E-state index in [1.54, 1.807) is 0 Å². The molecule has 0 heterocycles. The molecule has 2 aromatic rings. The van der Waals surface area contributed by atoms with Crippen LogP contribution >= 0.6 is 23.5 Å². The van der Waals surface area contributed by atoms with Crippen LogP contribution in [0.5, 0.6) is 0 Å². The predicted octanol–water partition coefficient (Wildman–Crippen LogP) is 13.3. The van der Waals surface area contributed by atoms with Gasteiger partial charge in [0.1, 0.15) is 0 Å². The molecule has 0 N–H and O–H groups in total. The Hall–Kier alpha value is -1.52. The summed E-state index contributed by atoms with van der Waals surface area (Å²) in [6, 6.07) is 17.4. The van der Waals surface area contributed by atoms with Crippen LogP contribution in [0, 0.1) is 0 Å². The Morgan fingerprint density at radius 3 is 1.11 bits per heavy atom. The molecule has 4 heteroatoms. The van der Waals surface area contributed by atoms with Gasteiger partial charge in [0.15, 0.2) is 0 Å². The van der Waals surface area contributed by atoms with Gasteiger partial charge in [-0.25, -0.2) is 0 Å². The van der Waals surface area contributed by atoms with Crippen molar-refractivity contribution < 1.29 is 0 Å². The summed E-state index contributed by atoms with van der Waals surface area (Å²) in [5.41, 5.74) is 2.48. The van der Waals surface area contributed by atoms with E-state index < -0.39 is 0 Å². The van der Waals surface area contributed by atoms with Crippen LogP contribution in [0.15, 0.2) is 68.3 Å². The Labute approximate surface area is 281 Å². The van der Waals surface area contributed by atoms with Crippen LogP contribution in [0.3, 0.4) is 0 Å². The highest BCUT2D eigenvalue weighted by molar-refractivity contribution is 7.99. The van der Waals surface area contributed by atoms with Gasteiger partial charge >= 0.3 is 0 Å². The van der Waals surface area contributed by atoms with Crippen LogP contribution in [0.2, 0.25) is 0 Å². The first-order valence-electron chi connectivity index (χ1n) is 18.3. The molecular weight excluding hydrogens is 573 g/mol. The average Bonchev–Trinajstić information content (AvgIpc) is 3.05. The van der Waals surface area contributed by atoms with Gasteiger partial charge in [0, 0.05) is 33.3 Å². The third-order valence-electron chi connectivity index (χ3n) is 8.17. The second kappa shape index (κ2) is 28.9. The summed E-state index contributed by atoms with van der Waals surface area (Å²) in [7, 11) is 0. The van der Waals surface area contributed by atoms with E-state index in [-0.39, 0.29) is 0 Å². The Morgan fingerprint density at radius 2 is 0.750 bits per heavy atom. The first-order valence-corrected chi connectivity index (χ1v) is 20.3. The summed E-state index contributed by atoms with van der Waals surface area (Å²) < 4.78 is 0. The standard InChI is InChI=1S/C40H64N2S2/c1-3-5-7-9-11-13-15-17-19-25-33-43-39-29-23-21-27-37(39)35-41-31-32-42-36-38-28-22-24-30-40(38)44-34-26-20-18-16-14-12-10-8-6-4-2/h21-24,27-30,35-36H,3-20,25-26,31-34H2,1-2H3. The Bertz CT molecular complexity index is 907. The van der Waals surface area contributed by atoms with Gasteiger partial charge in [0.05, 0.1) is 13.1 Å². The molecule has 0 unspecified atom stereocenters. The van der Waals surface area contributed by atoms with Crippen molar-refractivity contribution in [3.8, 4) is 0 Å². The van der Waals surface area contributed by atoms with Crippen LogP contribution in [0.4, 0.5) is 0 Å². The summed E-state index contributed by atoms with van der Waals surface area (Å²) in [5.74, 6) is 2.39. The first-order chi connectivity index (χ1) is 21.8. The highest BCUT2D eigenvalue weighted by atomic mass is 32.2. The van der Waals surface area contributed by atoms with E-state index >= 15 is 0 Å². The number of hydrogen-bond donors (Lipinski definition) is 0. The third-order valence-corrected chi connectivity index (χ3v) is 10.5. The molecule has 44 heavy (non-hydrogen) atoms. The van der Waals surface area contributed by atoms with Gasteiger partial charge in [-0.1, -0.05) is 166 Å². The van der Waals surface area contributed by atoms with E-state index in [0.717, 1.165) is 13.1 Å². The number of aliphatic imine (C=N–C) groups is 2. The van der Waals surface area contributed by atoms with Gasteiger partial charge in [-0.05, 0) is 36.5 Å². The molecule has 2 aromatic carbocycles. The molecule has 0 bridgehead atoms. The van der Waals surface area contributed by atoms with Crippen LogP contribution in [0.1, 0.15) is 153 Å². The molecule has 246 valence electrons. The fourth-order valence-electron chi connectivity index (χ4n) is 5.42. The maximum Gasteiger partial charge on any atom is 0.0585 e. The van der Waals surface area contributed by atoms with Gasteiger partial charge in [-0.2, -0.15) is 0 Å². The lowest BCUT2D eigenvalue weighted by Crippen LogP contribution is -1.93. The van der Waals surface area contributed by atoms with E-state index in [9.17, 15) is 0 Å². The molecule has 0 aliphatic heterocycles. The van der Waals surface area contributed by atoms with Crippen molar-refractivity contribution in [3.05, 3.63) is 59.7 Å². The van der Waals surface area contributed by atoms with Gasteiger partial charge in [-0.15, -0.1) is 23.5 Å². The summed E-state index contributed by atoms with van der Waals surface area (Å²) in [6.07, 6.45) is 31.9. The molecule has 0 aromatic heterocycles. The van der Waals surface area contributed by atoms with Crippen molar-refractivity contribution in [2.24, 2.45) is 9.98 Å². The molecule has 2 nitrogen and oxygen atoms in total. The number of nitrogens with zero attached hydrogens (tertiary/aromatic N) is 2. The van der Waals surface area contributed by atoms with Crippen molar-refractivity contribution in [1.82, 2.24) is 0 Å². The van der Waals surface area contributed by atoms with Crippen LogP contribution in [-0.4, -0.2) is 37.0 Å². The van der Waals surface area contributed by atoms with Crippen molar-refractivity contribution in [1.29, 1.82) is 0 Å². The van der Waals surface area contributed by atoms with E-state index in [1.165, 1.54) is 161 Å². The van der Waals surface area contributed by atoms with Gasteiger partial charge in [0.2, 0.25) is 0 Å². The molecule has 0 fully saturated rings. The molecule has 2 rings (SSSR count). The summed E-state index contributed by atoms with van der Waals surface area (Å²) in [4.78, 5) is 12.1. The predicted molar refractivity (Wildman–Crippen MR) is 203 cm³/mol. The number of thioether (sulfide) groups is 2. The minimum atomic E-state index is 0.724. The topological polar surface area (TPSA) is 24.7 Å². The Morgan fingerprint density at radius 1 is 0.432 bits per heavy atom. The summed E-state index contributed by atoms with van der Waals surface area (Å²) in [6.45, 7) is 6.03. The molecule has 0 amide bonds. The molecule has 0 radical (unpaired) electrons. The number of hydrogen-bond acceptors (Lipinski definition) is 4. The van der Waals surface area contributed by atoms with Crippen LogP contribution in [0.25, 0.3) is 0 Å². The quantitative estimate of drug-likeness (QED) is 0.0504. The molecule has 0 saturated carbocycles. The van der Waals surface area contributed by atoms with Crippen molar-refractivity contribution >= 4 is 36.0 Å².